The molecule has 0 saturated carbocycles. The molecule has 2 aromatic rings. The average molecular weight is 473 g/mol. The fraction of sp³-hybridized carbons (Fsp3) is 0.217. The maximum absolute atomic E-state index is 13.0. The first-order valence-corrected chi connectivity index (χ1v) is 11.2. The Morgan fingerprint density at radius 3 is 2.50 bits per heavy atom. The van der Waals surface area contributed by atoms with Crippen LogP contribution in [-0.4, -0.2) is 40.2 Å². The van der Waals surface area contributed by atoms with Crippen molar-refractivity contribution in [2.24, 2.45) is 0 Å². The number of amides is 2. The van der Waals surface area contributed by atoms with Crippen LogP contribution >= 0.6 is 24.0 Å². The zero-order valence-corrected chi connectivity index (χ0v) is 18.9. The minimum absolute atomic E-state index is 0.202. The van der Waals surface area contributed by atoms with Gasteiger partial charge in [0, 0.05) is 18.7 Å². The van der Waals surface area contributed by atoms with Crippen LogP contribution in [0.25, 0.3) is 6.08 Å². The molecule has 6 nitrogen and oxygen atoms in total. The second kappa shape index (κ2) is 11.0. The van der Waals surface area contributed by atoms with Crippen LogP contribution < -0.4 is 5.32 Å². The minimum Gasteiger partial charge on any atom is -0.462 e. The van der Waals surface area contributed by atoms with E-state index >= 15 is 0 Å². The molecule has 0 spiro atoms. The van der Waals surface area contributed by atoms with Gasteiger partial charge in [0.25, 0.3) is 5.91 Å². The lowest BCUT2D eigenvalue weighted by molar-refractivity contribution is -0.122. The summed E-state index contributed by atoms with van der Waals surface area (Å²) in [5.74, 6) is -1.19. The van der Waals surface area contributed by atoms with Crippen LogP contribution in [0, 0.1) is 5.82 Å². The predicted molar refractivity (Wildman–Crippen MR) is 127 cm³/mol. The molecule has 0 unspecified atom stereocenters. The number of ether oxygens (including phenoxy) is 1. The van der Waals surface area contributed by atoms with Gasteiger partial charge < -0.3 is 10.1 Å². The van der Waals surface area contributed by atoms with E-state index in [4.69, 9.17) is 17.0 Å². The second-order valence-corrected chi connectivity index (χ2v) is 8.51. The summed E-state index contributed by atoms with van der Waals surface area (Å²) in [6, 6.07) is 12.3. The standard InChI is InChI=1S/C23H21FN2O4S2/c1-2-30-22(29)16-7-11-18(12-8-16)25-20(27)4-3-13-26-21(28)19(32-23(26)31)14-15-5-9-17(24)10-6-15/h5-12,14H,2-4,13H2,1H3,(H,25,27)/b19-14-. The average Bonchev–Trinajstić information content (AvgIpc) is 3.03. The van der Waals surface area contributed by atoms with Crippen molar-refractivity contribution in [1.82, 2.24) is 4.90 Å². The van der Waals surface area contributed by atoms with Gasteiger partial charge in [-0.1, -0.05) is 36.1 Å². The number of rotatable bonds is 8. The summed E-state index contributed by atoms with van der Waals surface area (Å²) in [5, 5.41) is 2.76. The summed E-state index contributed by atoms with van der Waals surface area (Å²) in [6.45, 7) is 2.35. The number of esters is 1. The topological polar surface area (TPSA) is 75.7 Å². The Kier molecular flexibility index (Phi) is 8.13. The SMILES string of the molecule is CCOC(=O)c1ccc(NC(=O)CCCN2C(=O)/C(=C/c3ccc(F)cc3)SC2=S)cc1. The number of thioether (sulfide) groups is 1. The van der Waals surface area contributed by atoms with Crippen LogP contribution in [-0.2, 0) is 14.3 Å². The molecule has 0 atom stereocenters. The van der Waals surface area contributed by atoms with E-state index < -0.39 is 5.97 Å². The molecule has 3 rings (SSSR count). The van der Waals surface area contributed by atoms with Gasteiger partial charge in [-0.2, -0.15) is 0 Å². The first kappa shape index (κ1) is 23.6. The van der Waals surface area contributed by atoms with Gasteiger partial charge in [0.05, 0.1) is 17.1 Å². The van der Waals surface area contributed by atoms with Crippen molar-refractivity contribution in [3.63, 3.8) is 0 Å². The van der Waals surface area contributed by atoms with Gasteiger partial charge >= 0.3 is 5.97 Å². The monoisotopic (exact) mass is 472 g/mol. The molecule has 166 valence electrons. The predicted octanol–water partition coefficient (Wildman–Crippen LogP) is 4.62. The van der Waals surface area contributed by atoms with E-state index in [-0.39, 0.29) is 24.1 Å². The van der Waals surface area contributed by atoms with Crippen molar-refractivity contribution in [2.45, 2.75) is 19.8 Å². The van der Waals surface area contributed by atoms with Crippen molar-refractivity contribution >= 4 is 57.8 Å². The molecule has 1 fully saturated rings. The van der Waals surface area contributed by atoms with Crippen LogP contribution in [0.15, 0.2) is 53.4 Å². The zero-order chi connectivity index (χ0) is 23.1. The van der Waals surface area contributed by atoms with Crippen LogP contribution in [0.3, 0.4) is 0 Å². The fourth-order valence-corrected chi connectivity index (χ4v) is 4.24. The molecule has 1 saturated heterocycles. The molecule has 32 heavy (non-hydrogen) atoms. The van der Waals surface area contributed by atoms with Crippen LogP contribution in [0.2, 0.25) is 0 Å². The lowest BCUT2D eigenvalue weighted by atomic mass is 10.2. The first-order chi connectivity index (χ1) is 15.4. The maximum atomic E-state index is 13.0. The van der Waals surface area contributed by atoms with Crippen LogP contribution in [0.5, 0.6) is 0 Å². The van der Waals surface area contributed by atoms with Crippen molar-refractivity contribution in [2.75, 3.05) is 18.5 Å². The molecular formula is C23H21FN2O4S2. The normalized spacial score (nSPS) is 14.7. The Bertz CT molecular complexity index is 1050. The van der Waals surface area contributed by atoms with E-state index in [2.05, 4.69) is 5.32 Å². The number of hydrogen-bond acceptors (Lipinski definition) is 6. The quantitative estimate of drug-likeness (QED) is 0.343. The largest absolute Gasteiger partial charge is 0.462 e. The Morgan fingerprint density at radius 1 is 1.16 bits per heavy atom. The van der Waals surface area contributed by atoms with E-state index in [0.29, 0.717) is 45.6 Å². The smallest absolute Gasteiger partial charge is 0.338 e. The number of benzene rings is 2. The Balaban J connectivity index is 1.48. The van der Waals surface area contributed by atoms with E-state index in [1.54, 1.807) is 49.4 Å². The molecule has 0 bridgehead atoms. The molecule has 1 N–H and O–H groups in total. The number of carbonyl (C=O) groups is 3. The highest BCUT2D eigenvalue weighted by atomic mass is 32.2. The maximum Gasteiger partial charge on any atom is 0.338 e. The molecular weight excluding hydrogens is 451 g/mol. The lowest BCUT2D eigenvalue weighted by Crippen LogP contribution is -2.29. The summed E-state index contributed by atoms with van der Waals surface area (Å²) in [7, 11) is 0. The molecule has 2 amide bonds. The number of anilines is 1. The van der Waals surface area contributed by atoms with Gasteiger partial charge in [-0.3, -0.25) is 14.5 Å². The summed E-state index contributed by atoms with van der Waals surface area (Å²) in [5.41, 5.74) is 1.68. The highest BCUT2D eigenvalue weighted by Crippen LogP contribution is 2.32. The Morgan fingerprint density at radius 2 is 1.84 bits per heavy atom. The number of halogens is 1. The van der Waals surface area contributed by atoms with Gasteiger partial charge in [0.15, 0.2) is 0 Å². The number of thiocarbonyl (C=S) groups is 1. The molecule has 1 heterocycles. The van der Waals surface area contributed by atoms with Crippen molar-refractivity contribution in [3.8, 4) is 0 Å². The van der Waals surface area contributed by atoms with E-state index in [9.17, 15) is 18.8 Å². The Labute approximate surface area is 194 Å². The van der Waals surface area contributed by atoms with E-state index in [1.165, 1.54) is 28.8 Å². The third-order valence-corrected chi connectivity index (χ3v) is 5.88. The molecule has 2 aromatic carbocycles. The van der Waals surface area contributed by atoms with Crippen molar-refractivity contribution < 1.29 is 23.5 Å². The molecule has 0 radical (unpaired) electrons. The molecule has 1 aliphatic rings. The number of hydrogen-bond donors (Lipinski definition) is 1. The van der Waals surface area contributed by atoms with Crippen LogP contribution in [0.4, 0.5) is 10.1 Å². The molecule has 0 aliphatic carbocycles. The molecule has 9 heteroatoms. The molecule has 1 aliphatic heterocycles. The van der Waals surface area contributed by atoms with E-state index in [1.807, 2.05) is 0 Å². The Hall–Kier alpha value is -3.04. The summed E-state index contributed by atoms with van der Waals surface area (Å²) in [4.78, 5) is 38.4. The summed E-state index contributed by atoms with van der Waals surface area (Å²) in [6.07, 6.45) is 2.31. The van der Waals surface area contributed by atoms with Gasteiger partial charge in [0.1, 0.15) is 10.1 Å². The summed E-state index contributed by atoms with van der Waals surface area (Å²) < 4.78 is 18.4. The zero-order valence-electron chi connectivity index (χ0n) is 17.3. The molecule has 0 aromatic heterocycles. The summed E-state index contributed by atoms with van der Waals surface area (Å²) >= 11 is 6.48. The first-order valence-electron chi connectivity index (χ1n) is 9.95. The van der Waals surface area contributed by atoms with Gasteiger partial charge in [0.2, 0.25) is 5.91 Å². The number of nitrogens with one attached hydrogen (secondary N) is 1. The lowest BCUT2D eigenvalue weighted by Gasteiger charge is -2.14. The highest BCUT2D eigenvalue weighted by Gasteiger charge is 2.31. The van der Waals surface area contributed by atoms with E-state index in [0.717, 1.165) is 0 Å². The van der Waals surface area contributed by atoms with Gasteiger partial charge in [-0.15, -0.1) is 0 Å². The second-order valence-electron chi connectivity index (χ2n) is 6.83. The van der Waals surface area contributed by atoms with Gasteiger partial charge in [-0.25, -0.2) is 9.18 Å². The number of nitrogens with zero attached hydrogens (tertiary/aromatic N) is 1. The van der Waals surface area contributed by atoms with Crippen molar-refractivity contribution in [1.29, 1.82) is 0 Å². The third-order valence-electron chi connectivity index (χ3n) is 4.51. The third kappa shape index (κ3) is 6.24. The van der Waals surface area contributed by atoms with Crippen LogP contribution in [0.1, 0.15) is 35.7 Å². The van der Waals surface area contributed by atoms with Gasteiger partial charge in [-0.05, 0) is 61.4 Å². The highest BCUT2D eigenvalue weighted by molar-refractivity contribution is 8.26. The number of carbonyl (C=O) groups excluding carboxylic acids is 3. The van der Waals surface area contributed by atoms with Crippen molar-refractivity contribution in [3.05, 3.63) is 70.4 Å². The fourth-order valence-electron chi connectivity index (χ4n) is 2.93. The minimum atomic E-state index is -0.414.